The summed E-state index contributed by atoms with van der Waals surface area (Å²) in [5.74, 6) is 0.286. The van der Waals surface area contributed by atoms with Crippen molar-refractivity contribution < 1.29 is 18.7 Å². The zero-order valence-electron chi connectivity index (χ0n) is 19.8. The number of likely N-dealkylation sites (tertiary alicyclic amines) is 1. The molecule has 1 aliphatic carbocycles. The summed E-state index contributed by atoms with van der Waals surface area (Å²) in [6.45, 7) is 7.17. The van der Waals surface area contributed by atoms with Crippen LogP contribution in [-0.4, -0.2) is 58.1 Å². The highest BCUT2D eigenvalue weighted by Gasteiger charge is 2.42. The van der Waals surface area contributed by atoms with Gasteiger partial charge < -0.3 is 14.8 Å². The first-order valence-corrected chi connectivity index (χ1v) is 12.2. The lowest BCUT2D eigenvalue weighted by Crippen LogP contribution is -2.54. The molecule has 184 valence electrons. The van der Waals surface area contributed by atoms with Gasteiger partial charge in [0.2, 0.25) is 0 Å². The first-order chi connectivity index (χ1) is 16.2. The molecule has 7 nitrogen and oxygen atoms in total. The third-order valence-electron chi connectivity index (χ3n) is 6.36. The van der Waals surface area contributed by atoms with E-state index in [4.69, 9.17) is 21.1 Å². The lowest BCUT2D eigenvalue weighted by molar-refractivity contribution is 0.0383. The number of hydrogen-bond acceptors (Lipinski definition) is 6. The lowest BCUT2D eigenvalue weighted by atomic mass is 9.97. The SMILES string of the molecule is CC(C)(C)OC(=O)N[C@@H]1CCCN(C2CC(c3ccc(F)cc3)CC2Oc2nnccc2Cl)C1. The second-order valence-corrected chi connectivity index (χ2v) is 10.5. The first-order valence-electron chi connectivity index (χ1n) is 11.8. The average Bonchev–Trinajstić information content (AvgIpc) is 3.18. The van der Waals surface area contributed by atoms with Crippen molar-refractivity contribution in [2.24, 2.45) is 0 Å². The van der Waals surface area contributed by atoms with Gasteiger partial charge in [-0.3, -0.25) is 4.90 Å². The summed E-state index contributed by atoms with van der Waals surface area (Å²) in [6.07, 6.45) is 4.43. The van der Waals surface area contributed by atoms with Crippen LogP contribution in [0.4, 0.5) is 9.18 Å². The fourth-order valence-corrected chi connectivity index (χ4v) is 5.06. The second kappa shape index (κ2) is 10.4. The first kappa shape index (κ1) is 24.7. The molecular formula is C25H32ClFN4O3. The van der Waals surface area contributed by atoms with E-state index in [-0.39, 0.29) is 29.9 Å². The van der Waals surface area contributed by atoms with E-state index in [0.717, 1.165) is 37.8 Å². The van der Waals surface area contributed by atoms with Crippen LogP contribution in [0.25, 0.3) is 0 Å². The summed E-state index contributed by atoms with van der Waals surface area (Å²) in [5, 5.41) is 11.4. The van der Waals surface area contributed by atoms with Crippen LogP contribution < -0.4 is 10.1 Å². The van der Waals surface area contributed by atoms with Crippen LogP contribution in [0.1, 0.15) is 57.9 Å². The Bertz CT molecular complexity index is 985. The van der Waals surface area contributed by atoms with E-state index in [2.05, 4.69) is 20.4 Å². The van der Waals surface area contributed by atoms with Gasteiger partial charge in [-0.2, -0.15) is 5.10 Å². The Morgan fingerprint density at radius 3 is 2.68 bits per heavy atom. The number of halogens is 2. The molecule has 1 amide bonds. The fraction of sp³-hybridized carbons (Fsp3) is 0.560. The summed E-state index contributed by atoms with van der Waals surface area (Å²) in [5.41, 5.74) is 0.546. The minimum Gasteiger partial charge on any atom is -0.471 e. The van der Waals surface area contributed by atoms with Crippen molar-refractivity contribution in [3.8, 4) is 5.88 Å². The average molecular weight is 491 g/mol. The molecular weight excluding hydrogens is 459 g/mol. The van der Waals surface area contributed by atoms with E-state index in [1.807, 2.05) is 32.9 Å². The number of aromatic nitrogens is 2. The Labute approximate surface area is 205 Å². The Morgan fingerprint density at radius 2 is 1.97 bits per heavy atom. The summed E-state index contributed by atoms with van der Waals surface area (Å²) in [4.78, 5) is 14.7. The summed E-state index contributed by atoms with van der Waals surface area (Å²) in [7, 11) is 0. The van der Waals surface area contributed by atoms with Crippen molar-refractivity contribution in [1.82, 2.24) is 20.4 Å². The number of nitrogens with one attached hydrogen (secondary N) is 1. The minimum atomic E-state index is -0.540. The number of rotatable bonds is 5. The van der Waals surface area contributed by atoms with Gasteiger partial charge in [-0.05, 0) is 82.7 Å². The Hall–Kier alpha value is -2.45. The molecule has 0 bridgehead atoms. The second-order valence-electron chi connectivity index (χ2n) is 10.1. The Morgan fingerprint density at radius 1 is 1.21 bits per heavy atom. The van der Waals surface area contributed by atoms with Gasteiger partial charge in [0, 0.05) is 18.6 Å². The van der Waals surface area contributed by atoms with E-state index in [9.17, 15) is 9.18 Å². The van der Waals surface area contributed by atoms with Crippen molar-refractivity contribution in [1.29, 1.82) is 0 Å². The number of carbonyl (C=O) groups is 1. The van der Waals surface area contributed by atoms with Crippen molar-refractivity contribution in [2.75, 3.05) is 13.1 Å². The molecule has 1 N–H and O–H groups in total. The molecule has 2 heterocycles. The van der Waals surface area contributed by atoms with Crippen molar-refractivity contribution in [3.63, 3.8) is 0 Å². The molecule has 0 spiro atoms. The number of carbonyl (C=O) groups excluding carboxylic acids is 1. The van der Waals surface area contributed by atoms with Gasteiger partial charge in [0.15, 0.2) is 0 Å². The maximum absolute atomic E-state index is 13.5. The molecule has 4 atom stereocenters. The summed E-state index contributed by atoms with van der Waals surface area (Å²) in [6, 6.07) is 8.44. The van der Waals surface area contributed by atoms with E-state index < -0.39 is 11.7 Å². The zero-order chi connectivity index (χ0) is 24.3. The highest BCUT2D eigenvalue weighted by atomic mass is 35.5. The number of piperidine rings is 1. The van der Waals surface area contributed by atoms with Crippen LogP contribution in [0.15, 0.2) is 36.5 Å². The molecule has 2 fully saturated rings. The Kier molecular flexibility index (Phi) is 7.57. The maximum atomic E-state index is 13.5. The third kappa shape index (κ3) is 6.36. The molecule has 2 aliphatic rings. The molecule has 1 aliphatic heterocycles. The predicted molar refractivity (Wildman–Crippen MR) is 128 cm³/mol. The number of ether oxygens (including phenoxy) is 2. The molecule has 1 saturated carbocycles. The smallest absolute Gasteiger partial charge is 0.407 e. The molecule has 34 heavy (non-hydrogen) atoms. The molecule has 3 unspecified atom stereocenters. The maximum Gasteiger partial charge on any atom is 0.407 e. The van der Waals surface area contributed by atoms with Crippen LogP contribution in [0.5, 0.6) is 5.88 Å². The number of benzene rings is 1. The molecule has 9 heteroatoms. The van der Waals surface area contributed by atoms with Gasteiger partial charge in [0.05, 0.1) is 6.20 Å². The summed E-state index contributed by atoms with van der Waals surface area (Å²) >= 11 is 6.30. The number of nitrogens with zero attached hydrogens (tertiary/aromatic N) is 3. The van der Waals surface area contributed by atoms with Crippen molar-refractivity contribution >= 4 is 17.7 Å². The van der Waals surface area contributed by atoms with E-state index in [1.165, 1.54) is 18.3 Å². The van der Waals surface area contributed by atoms with Gasteiger partial charge in [0.1, 0.15) is 22.5 Å². The highest BCUT2D eigenvalue weighted by Crippen LogP contribution is 2.40. The monoisotopic (exact) mass is 490 g/mol. The highest BCUT2D eigenvalue weighted by molar-refractivity contribution is 6.31. The van der Waals surface area contributed by atoms with E-state index >= 15 is 0 Å². The molecule has 1 aromatic carbocycles. The van der Waals surface area contributed by atoms with Crippen LogP contribution in [-0.2, 0) is 4.74 Å². The Balaban J connectivity index is 1.49. The number of amides is 1. The standard InChI is InChI=1S/C25H32ClFN4O3/c1-25(2,3)34-24(32)29-19-5-4-12-31(15-19)21-13-17(16-6-8-18(27)9-7-16)14-22(21)33-23-20(26)10-11-28-30-23/h6-11,17,19,21-22H,4-5,12-15H2,1-3H3,(H,29,32)/t17?,19-,21?,22?/m1/s1. The van der Waals surface area contributed by atoms with Gasteiger partial charge in [0.25, 0.3) is 5.88 Å². The lowest BCUT2D eigenvalue weighted by Gasteiger charge is -2.39. The fourth-order valence-electron chi connectivity index (χ4n) is 4.92. The van der Waals surface area contributed by atoms with E-state index in [0.29, 0.717) is 17.4 Å². The zero-order valence-corrected chi connectivity index (χ0v) is 20.6. The van der Waals surface area contributed by atoms with Crippen LogP contribution in [0.2, 0.25) is 5.02 Å². The predicted octanol–water partition coefficient (Wildman–Crippen LogP) is 4.95. The summed E-state index contributed by atoms with van der Waals surface area (Å²) < 4.78 is 25.2. The number of alkyl carbamates (subject to hydrolysis) is 1. The minimum absolute atomic E-state index is 0.00535. The van der Waals surface area contributed by atoms with Gasteiger partial charge in [-0.25, -0.2) is 9.18 Å². The van der Waals surface area contributed by atoms with Gasteiger partial charge >= 0.3 is 6.09 Å². The van der Waals surface area contributed by atoms with Crippen molar-refractivity contribution in [2.45, 2.75) is 76.2 Å². The number of hydrogen-bond donors (Lipinski definition) is 1. The van der Waals surface area contributed by atoms with Crippen molar-refractivity contribution in [3.05, 3.63) is 52.9 Å². The molecule has 4 rings (SSSR count). The van der Waals surface area contributed by atoms with Crippen LogP contribution >= 0.6 is 11.6 Å². The topological polar surface area (TPSA) is 76.6 Å². The quantitative estimate of drug-likeness (QED) is 0.639. The normalized spacial score (nSPS) is 25.7. The largest absolute Gasteiger partial charge is 0.471 e. The molecule has 1 saturated heterocycles. The van der Waals surface area contributed by atoms with Gasteiger partial charge in [-0.1, -0.05) is 23.7 Å². The van der Waals surface area contributed by atoms with Gasteiger partial charge in [-0.15, -0.1) is 5.10 Å². The van der Waals surface area contributed by atoms with Crippen LogP contribution in [0, 0.1) is 5.82 Å². The molecule has 1 aromatic heterocycles. The molecule has 0 radical (unpaired) electrons. The third-order valence-corrected chi connectivity index (χ3v) is 6.65. The van der Waals surface area contributed by atoms with E-state index in [1.54, 1.807) is 6.07 Å². The molecule has 2 aromatic rings. The van der Waals surface area contributed by atoms with Crippen LogP contribution in [0.3, 0.4) is 0 Å².